The zero-order chi connectivity index (χ0) is 8.69. The van der Waals surface area contributed by atoms with E-state index in [1.165, 1.54) is 6.20 Å². The molecule has 64 valence electrons. The van der Waals surface area contributed by atoms with Crippen molar-refractivity contribution in [3.8, 4) is 0 Å². The topological polar surface area (TPSA) is 50.4 Å². The lowest BCUT2D eigenvalue weighted by molar-refractivity contribution is 0.761. The molecule has 0 aromatic heterocycles. The van der Waals surface area contributed by atoms with Crippen molar-refractivity contribution in [1.29, 1.82) is 0 Å². The number of nitrogens with zero attached hydrogens (tertiary/aromatic N) is 1. The molecule has 3 heteroatoms. The molecular formula is C8H17N3. The predicted octanol–water partition coefficient (Wildman–Crippen LogP) is 1.08. The average Bonchev–Trinajstić information content (AvgIpc) is 1.97. The molecule has 0 radical (unpaired) electrons. The molecule has 0 aliphatic carbocycles. The van der Waals surface area contributed by atoms with Crippen molar-refractivity contribution in [2.24, 2.45) is 16.8 Å². The standard InChI is InChI=1S/C8H17N3/c1-4-10-11-8(5-6-9)7(2)3/h5-7,10H,4,9H2,1-3H3/b6-5+,11-8+. The van der Waals surface area contributed by atoms with Gasteiger partial charge in [-0.1, -0.05) is 13.8 Å². The van der Waals surface area contributed by atoms with Crippen molar-refractivity contribution in [2.75, 3.05) is 6.54 Å². The second-order valence-corrected chi connectivity index (χ2v) is 2.56. The fraction of sp³-hybridized carbons (Fsp3) is 0.625. The van der Waals surface area contributed by atoms with Crippen LogP contribution in [0.5, 0.6) is 0 Å². The molecule has 0 aromatic carbocycles. The van der Waals surface area contributed by atoms with E-state index in [-0.39, 0.29) is 0 Å². The average molecular weight is 155 g/mol. The van der Waals surface area contributed by atoms with E-state index in [0.29, 0.717) is 5.92 Å². The quantitative estimate of drug-likeness (QED) is 0.471. The molecule has 0 aliphatic heterocycles. The number of hydrazone groups is 1. The third-order valence-corrected chi connectivity index (χ3v) is 1.22. The normalized spacial score (nSPS) is 12.9. The third-order valence-electron chi connectivity index (χ3n) is 1.22. The molecule has 3 nitrogen and oxygen atoms in total. The lowest BCUT2D eigenvalue weighted by Crippen LogP contribution is -2.12. The highest BCUT2D eigenvalue weighted by molar-refractivity contribution is 5.96. The zero-order valence-electron chi connectivity index (χ0n) is 7.46. The largest absolute Gasteiger partial charge is 0.405 e. The monoisotopic (exact) mass is 155 g/mol. The molecule has 0 saturated heterocycles. The zero-order valence-corrected chi connectivity index (χ0v) is 7.46. The van der Waals surface area contributed by atoms with E-state index in [2.05, 4.69) is 24.4 Å². The van der Waals surface area contributed by atoms with Gasteiger partial charge in [0, 0.05) is 6.54 Å². The van der Waals surface area contributed by atoms with Crippen LogP contribution in [0.1, 0.15) is 20.8 Å². The van der Waals surface area contributed by atoms with Gasteiger partial charge in [-0.05, 0) is 25.1 Å². The fourth-order valence-electron chi connectivity index (χ4n) is 0.628. The van der Waals surface area contributed by atoms with Crippen molar-refractivity contribution in [1.82, 2.24) is 5.43 Å². The van der Waals surface area contributed by atoms with Crippen LogP contribution >= 0.6 is 0 Å². The van der Waals surface area contributed by atoms with E-state index in [4.69, 9.17) is 5.73 Å². The van der Waals surface area contributed by atoms with Gasteiger partial charge in [-0.2, -0.15) is 5.10 Å². The number of nitrogens with two attached hydrogens (primary N) is 1. The molecule has 0 heterocycles. The number of allylic oxidation sites excluding steroid dienone is 1. The fourth-order valence-corrected chi connectivity index (χ4v) is 0.628. The number of nitrogens with one attached hydrogen (secondary N) is 1. The molecule has 0 bridgehead atoms. The highest BCUT2D eigenvalue weighted by Crippen LogP contribution is 1.96. The summed E-state index contributed by atoms with van der Waals surface area (Å²) in [6.07, 6.45) is 3.32. The van der Waals surface area contributed by atoms with Gasteiger partial charge in [0.25, 0.3) is 0 Å². The predicted molar refractivity (Wildman–Crippen MR) is 49.3 cm³/mol. The first-order chi connectivity index (χ1) is 5.22. The van der Waals surface area contributed by atoms with Crippen molar-refractivity contribution in [2.45, 2.75) is 20.8 Å². The first-order valence-corrected chi connectivity index (χ1v) is 3.91. The summed E-state index contributed by atoms with van der Waals surface area (Å²) in [5.74, 6) is 0.411. The Morgan fingerprint density at radius 1 is 1.64 bits per heavy atom. The highest BCUT2D eigenvalue weighted by Gasteiger charge is 1.99. The lowest BCUT2D eigenvalue weighted by atomic mass is 10.1. The summed E-state index contributed by atoms with van der Waals surface area (Å²) in [5.41, 5.74) is 9.13. The maximum Gasteiger partial charge on any atom is 0.0642 e. The molecule has 0 spiro atoms. The van der Waals surface area contributed by atoms with E-state index in [9.17, 15) is 0 Å². The summed E-state index contributed by atoms with van der Waals surface area (Å²) in [6.45, 7) is 7.01. The summed E-state index contributed by atoms with van der Waals surface area (Å²) in [5, 5.41) is 4.13. The molecule has 0 saturated carbocycles. The van der Waals surface area contributed by atoms with E-state index in [0.717, 1.165) is 12.3 Å². The summed E-state index contributed by atoms with van der Waals surface area (Å²) < 4.78 is 0. The molecule has 0 aromatic rings. The first-order valence-electron chi connectivity index (χ1n) is 3.91. The van der Waals surface area contributed by atoms with Crippen LogP contribution in [0.4, 0.5) is 0 Å². The van der Waals surface area contributed by atoms with Crippen LogP contribution in [0.3, 0.4) is 0 Å². The lowest BCUT2D eigenvalue weighted by Gasteiger charge is -2.04. The Balaban J connectivity index is 4.08. The summed E-state index contributed by atoms with van der Waals surface area (Å²) in [7, 11) is 0. The molecule has 0 rings (SSSR count). The van der Waals surface area contributed by atoms with E-state index < -0.39 is 0 Å². The van der Waals surface area contributed by atoms with E-state index in [1.807, 2.05) is 13.0 Å². The van der Waals surface area contributed by atoms with E-state index >= 15 is 0 Å². The Bertz CT molecular complexity index is 147. The van der Waals surface area contributed by atoms with Gasteiger partial charge in [0.15, 0.2) is 0 Å². The number of rotatable bonds is 4. The van der Waals surface area contributed by atoms with Gasteiger partial charge in [-0.15, -0.1) is 0 Å². The molecule has 0 aliphatic rings. The Hall–Kier alpha value is -0.990. The minimum Gasteiger partial charge on any atom is -0.405 e. The Labute approximate surface area is 68.4 Å². The van der Waals surface area contributed by atoms with Gasteiger partial charge >= 0.3 is 0 Å². The van der Waals surface area contributed by atoms with E-state index in [1.54, 1.807) is 0 Å². The Morgan fingerprint density at radius 2 is 2.27 bits per heavy atom. The van der Waals surface area contributed by atoms with Gasteiger partial charge in [-0.25, -0.2) is 0 Å². The summed E-state index contributed by atoms with van der Waals surface area (Å²) in [4.78, 5) is 0. The second kappa shape index (κ2) is 5.77. The molecule has 0 fully saturated rings. The van der Waals surface area contributed by atoms with Crippen molar-refractivity contribution >= 4 is 5.71 Å². The van der Waals surface area contributed by atoms with Crippen LogP contribution in [0, 0.1) is 5.92 Å². The maximum atomic E-state index is 5.25. The molecule has 0 unspecified atom stereocenters. The summed E-state index contributed by atoms with van der Waals surface area (Å²) in [6, 6.07) is 0. The first kappa shape index (κ1) is 10.0. The van der Waals surface area contributed by atoms with Gasteiger partial charge in [0.2, 0.25) is 0 Å². The second-order valence-electron chi connectivity index (χ2n) is 2.56. The minimum absolute atomic E-state index is 0.411. The van der Waals surface area contributed by atoms with Crippen molar-refractivity contribution in [3.05, 3.63) is 12.3 Å². The van der Waals surface area contributed by atoms with Crippen LogP contribution in [0.2, 0.25) is 0 Å². The highest BCUT2D eigenvalue weighted by atomic mass is 15.3. The van der Waals surface area contributed by atoms with Crippen molar-refractivity contribution < 1.29 is 0 Å². The SMILES string of the molecule is CCN/N=C(\C=C\N)C(C)C. The summed E-state index contributed by atoms with van der Waals surface area (Å²) >= 11 is 0. The van der Waals surface area contributed by atoms with Gasteiger partial charge < -0.3 is 11.2 Å². The molecule has 3 N–H and O–H groups in total. The minimum atomic E-state index is 0.411. The Morgan fingerprint density at radius 3 is 2.64 bits per heavy atom. The van der Waals surface area contributed by atoms with Crippen molar-refractivity contribution in [3.63, 3.8) is 0 Å². The number of hydrogen-bond donors (Lipinski definition) is 2. The molecule has 11 heavy (non-hydrogen) atoms. The van der Waals surface area contributed by atoms with Gasteiger partial charge in [-0.3, -0.25) is 0 Å². The smallest absolute Gasteiger partial charge is 0.0642 e. The van der Waals surface area contributed by atoms with Crippen LogP contribution in [-0.4, -0.2) is 12.3 Å². The maximum absolute atomic E-state index is 5.25. The van der Waals surface area contributed by atoms with Gasteiger partial charge in [0.05, 0.1) is 5.71 Å². The molecule has 0 amide bonds. The van der Waals surface area contributed by atoms with Crippen LogP contribution < -0.4 is 11.2 Å². The van der Waals surface area contributed by atoms with Crippen LogP contribution in [0.15, 0.2) is 17.4 Å². The molecule has 0 atom stereocenters. The Kier molecular flexibility index (Phi) is 5.25. The molecular weight excluding hydrogens is 138 g/mol. The van der Waals surface area contributed by atoms with Crippen LogP contribution in [0.25, 0.3) is 0 Å². The van der Waals surface area contributed by atoms with Crippen LogP contribution in [-0.2, 0) is 0 Å². The number of hydrogen-bond acceptors (Lipinski definition) is 3. The third kappa shape index (κ3) is 4.42. The van der Waals surface area contributed by atoms with Gasteiger partial charge in [0.1, 0.15) is 0 Å².